The topological polar surface area (TPSA) is 41.1 Å². The van der Waals surface area contributed by atoms with E-state index in [0.29, 0.717) is 22.8 Å². The fourth-order valence-corrected chi connectivity index (χ4v) is 1.98. The predicted octanol–water partition coefficient (Wildman–Crippen LogP) is 4.16. The van der Waals surface area contributed by atoms with Gasteiger partial charge >= 0.3 is 0 Å². The summed E-state index contributed by atoms with van der Waals surface area (Å²) in [6.07, 6.45) is 0. The number of hydrogen-bond donors (Lipinski definition) is 2. The molecule has 2 N–H and O–H groups in total. The molecule has 2 rings (SSSR count). The molecule has 5 heteroatoms. The molecule has 0 radical (unpaired) electrons. The van der Waals surface area contributed by atoms with Crippen LogP contribution in [0.1, 0.15) is 17.3 Å². The average Bonchev–Trinajstić information content (AvgIpc) is 2.44. The van der Waals surface area contributed by atoms with Crippen LogP contribution < -0.4 is 10.6 Å². The minimum absolute atomic E-state index is 0.0637. The molecule has 0 saturated heterocycles. The van der Waals surface area contributed by atoms with Crippen LogP contribution in [0.4, 0.5) is 15.8 Å². The number of para-hydroxylation sites is 1. The summed E-state index contributed by atoms with van der Waals surface area (Å²) >= 11 is 5.80. The second-order valence-electron chi connectivity index (χ2n) is 4.15. The van der Waals surface area contributed by atoms with E-state index >= 15 is 0 Å². The van der Waals surface area contributed by atoms with Crippen LogP contribution in [-0.4, -0.2) is 12.5 Å². The van der Waals surface area contributed by atoms with E-state index in [4.69, 9.17) is 11.6 Å². The van der Waals surface area contributed by atoms with Crippen molar-refractivity contribution in [2.45, 2.75) is 6.92 Å². The van der Waals surface area contributed by atoms with Gasteiger partial charge in [-0.3, -0.25) is 4.79 Å². The van der Waals surface area contributed by atoms with Crippen molar-refractivity contribution in [3.05, 3.63) is 58.9 Å². The van der Waals surface area contributed by atoms with Crippen molar-refractivity contribution in [2.24, 2.45) is 0 Å². The van der Waals surface area contributed by atoms with Gasteiger partial charge in [0.1, 0.15) is 5.82 Å². The van der Waals surface area contributed by atoms with Crippen molar-refractivity contribution in [3.8, 4) is 0 Å². The van der Waals surface area contributed by atoms with Gasteiger partial charge in [-0.15, -0.1) is 0 Å². The van der Waals surface area contributed by atoms with Crippen LogP contribution in [0.3, 0.4) is 0 Å². The molecule has 0 aromatic heterocycles. The molecular formula is C15H14ClFN2O. The quantitative estimate of drug-likeness (QED) is 0.888. The lowest BCUT2D eigenvalue weighted by Gasteiger charge is -2.11. The fraction of sp³-hybridized carbons (Fsp3) is 0.133. The van der Waals surface area contributed by atoms with E-state index in [1.807, 2.05) is 13.0 Å². The highest BCUT2D eigenvalue weighted by atomic mass is 35.5. The third-order valence-electron chi connectivity index (χ3n) is 2.72. The summed E-state index contributed by atoms with van der Waals surface area (Å²) in [6.45, 7) is 2.63. The molecule has 0 spiro atoms. The number of nitrogens with one attached hydrogen (secondary N) is 2. The predicted molar refractivity (Wildman–Crippen MR) is 80.0 cm³/mol. The normalized spacial score (nSPS) is 10.2. The van der Waals surface area contributed by atoms with E-state index in [9.17, 15) is 9.18 Å². The lowest BCUT2D eigenvalue weighted by atomic mass is 10.1. The molecule has 0 aliphatic heterocycles. The van der Waals surface area contributed by atoms with Gasteiger partial charge in [-0.2, -0.15) is 0 Å². The second kappa shape index (κ2) is 6.39. The summed E-state index contributed by atoms with van der Waals surface area (Å²) in [7, 11) is 0. The molecule has 0 saturated carbocycles. The molecule has 0 aliphatic rings. The minimum Gasteiger partial charge on any atom is -0.385 e. The highest BCUT2D eigenvalue weighted by molar-refractivity contribution is 6.31. The maximum absolute atomic E-state index is 13.6. The molecule has 3 nitrogen and oxygen atoms in total. The van der Waals surface area contributed by atoms with Gasteiger partial charge in [-0.25, -0.2) is 4.39 Å². The van der Waals surface area contributed by atoms with Gasteiger partial charge in [0.2, 0.25) is 0 Å². The first-order valence-electron chi connectivity index (χ1n) is 6.21. The van der Waals surface area contributed by atoms with Gasteiger partial charge < -0.3 is 10.6 Å². The molecule has 0 fully saturated rings. The standard InChI is InChI=1S/C15H14ClFN2O/c1-2-18-13-6-4-3-5-11(13)15(20)19-14-9-10(16)7-8-12(14)17/h3-9,18H,2H2,1H3,(H,19,20). The van der Waals surface area contributed by atoms with E-state index in [1.165, 1.54) is 18.2 Å². The van der Waals surface area contributed by atoms with E-state index < -0.39 is 5.82 Å². The van der Waals surface area contributed by atoms with E-state index in [0.717, 1.165) is 0 Å². The smallest absolute Gasteiger partial charge is 0.257 e. The van der Waals surface area contributed by atoms with Crippen molar-refractivity contribution in [3.63, 3.8) is 0 Å². The Bertz CT molecular complexity index is 631. The number of hydrogen-bond acceptors (Lipinski definition) is 2. The molecule has 0 unspecified atom stereocenters. The molecule has 104 valence electrons. The number of halogens is 2. The van der Waals surface area contributed by atoms with Crippen LogP contribution in [0.5, 0.6) is 0 Å². The van der Waals surface area contributed by atoms with E-state index in [1.54, 1.807) is 18.2 Å². The van der Waals surface area contributed by atoms with Crippen molar-refractivity contribution in [1.82, 2.24) is 0 Å². The molecule has 2 aromatic rings. The van der Waals surface area contributed by atoms with Crippen LogP contribution in [0, 0.1) is 5.82 Å². The lowest BCUT2D eigenvalue weighted by Crippen LogP contribution is -2.15. The first-order valence-corrected chi connectivity index (χ1v) is 6.59. The summed E-state index contributed by atoms with van der Waals surface area (Å²) in [5, 5.41) is 5.98. The summed E-state index contributed by atoms with van der Waals surface area (Å²) in [4.78, 5) is 12.2. The Kier molecular flexibility index (Phi) is 4.58. The Morgan fingerprint density at radius 1 is 1.20 bits per heavy atom. The van der Waals surface area contributed by atoms with Crippen LogP contribution in [-0.2, 0) is 0 Å². The largest absolute Gasteiger partial charge is 0.385 e. The number of anilines is 2. The Hall–Kier alpha value is -2.07. The van der Waals surface area contributed by atoms with Gasteiger partial charge in [0.15, 0.2) is 0 Å². The van der Waals surface area contributed by atoms with Crippen molar-refractivity contribution < 1.29 is 9.18 Å². The highest BCUT2D eigenvalue weighted by Crippen LogP contribution is 2.22. The van der Waals surface area contributed by atoms with Crippen LogP contribution in [0.15, 0.2) is 42.5 Å². The third-order valence-corrected chi connectivity index (χ3v) is 2.95. The van der Waals surface area contributed by atoms with Crippen molar-refractivity contribution >= 4 is 28.9 Å². The zero-order chi connectivity index (χ0) is 14.5. The van der Waals surface area contributed by atoms with Crippen LogP contribution in [0.25, 0.3) is 0 Å². The van der Waals surface area contributed by atoms with Gasteiger partial charge in [0.05, 0.1) is 11.3 Å². The Balaban J connectivity index is 2.26. The maximum Gasteiger partial charge on any atom is 0.257 e. The van der Waals surface area contributed by atoms with Gasteiger partial charge in [-0.05, 0) is 37.3 Å². The number of carbonyl (C=O) groups excluding carboxylic acids is 1. The van der Waals surface area contributed by atoms with E-state index in [2.05, 4.69) is 10.6 Å². The monoisotopic (exact) mass is 292 g/mol. The zero-order valence-electron chi connectivity index (χ0n) is 10.9. The SMILES string of the molecule is CCNc1ccccc1C(=O)Nc1cc(Cl)ccc1F. The summed E-state index contributed by atoms with van der Waals surface area (Å²) in [5.41, 5.74) is 1.22. The van der Waals surface area contributed by atoms with Gasteiger partial charge in [0, 0.05) is 17.3 Å². The van der Waals surface area contributed by atoms with Crippen LogP contribution >= 0.6 is 11.6 Å². The molecule has 1 amide bonds. The van der Waals surface area contributed by atoms with Crippen LogP contribution in [0.2, 0.25) is 5.02 Å². The molecule has 0 atom stereocenters. The summed E-state index contributed by atoms with van der Waals surface area (Å²) < 4.78 is 13.6. The minimum atomic E-state index is -0.524. The third kappa shape index (κ3) is 3.27. The first kappa shape index (κ1) is 14.3. The second-order valence-corrected chi connectivity index (χ2v) is 4.59. The number of carbonyl (C=O) groups is 1. The summed E-state index contributed by atoms with van der Waals surface area (Å²) in [6, 6.07) is 11.1. The van der Waals surface area contributed by atoms with Crippen molar-refractivity contribution in [2.75, 3.05) is 17.2 Å². The molecule has 0 bridgehead atoms. The Morgan fingerprint density at radius 3 is 2.70 bits per heavy atom. The van der Waals surface area contributed by atoms with Crippen molar-refractivity contribution in [1.29, 1.82) is 0 Å². The summed E-state index contributed by atoms with van der Waals surface area (Å²) in [5.74, 6) is -0.911. The Morgan fingerprint density at radius 2 is 1.95 bits per heavy atom. The molecule has 20 heavy (non-hydrogen) atoms. The molecular weight excluding hydrogens is 279 g/mol. The number of benzene rings is 2. The zero-order valence-corrected chi connectivity index (χ0v) is 11.7. The first-order chi connectivity index (χ1) is 9.61. The number of rotatable bonds is 4. The molecule has 0 aliphatic carbocycles. The lowest BCUT2D eigenvalue weighted by molar-refractivity contribution is 0.102. The highest BCUT2D eigenvalue weighted by Gasteiger charge is 2.13. The molecule has 0 heterocycles. The van der Waals surface area contributed by atoms with Gasteiger partial charge in [0.25, 0.3) is 5.91 Å². The fourth-order valence-electron chi connectivity index (χ4n) is 1.81. The maximum atomic E-state index is 13.6. The Labute approximate surface area is 121 Å². The average molecular weight is 293 g/mol. The van der Waals surface area contributed by atoms with Gasteiger partial charge in [-0.1, -0.05) is 23.7 Å². The molecule has 2 aromatic carbocycles. The number of amides is 1. The van der Waals surface area contributed by atoms with E-state index in [-0.39, 0.29) is 11.6 Å².